The van der Waals surface area contributed by atoms with E-state index in [2.05, 4.69) is 22.5 Å². The molecular weight excluding hydrogens is 386 g/mol. The lowest BCUT2D eigenvalue weighted by molar-refractivity contribution is -0.117. The molecule has 1 heterocycles. The first-order valence-electron chi connectivity index (χ1n) is 9.81. The van der Waals surface area contributed by atoms with Gasteiger partial charge in [-0.15, -0.1) is 0 Å². The van der Waals surface area contributed by atoms with Crippen molar-refractivity contribution in [2.24, 2.45) is 0 Å². The van der Waals surface area contributed by atoms with Crippen molar-refractivity contribution in [1.29, 1.82) is 0 Å². The summed E-state index contributed by atoms with van der Waals surface area (Å²) >= 11 is 6.12. The van der Waals surface area contributed by atoms with Crippen molar-refractivity contribution in [2.75, 3.05) is 13.2 Å². The first-order valence-corrected chi connectivity index (χ1v) is 10.2. The molecule has 2 aromatic carbocycles. The van der Waals surface area contributed by atoms with Crippen LogP contribution in [0, 0.1) is 0 Å². The van der Waals surface area contributed by atoms with Crippen molar-refractivity contribution in [1.82, 2.24) is 14.9 Å². The monoisotopic (exact) mass is 411 g/mol. The van der Waals surface area contributed by atoms with Crippen LogP contribution in [0.15, 0.2) is 60.7 Å². The predicted octanol–water partition coefficient (Wildman–Crippen LogP) is 4.78. The molecule has 3 aromatic rings. The minimum Gasteiger partial charge on any atom is -0.492 e. The Bertz CT molecular complexity index is 997. The molecule has 0 unspecified atom stereocenters. The van der Waals surface area contributed by atoms with Crippen LogP contribution in [-0.2, 0) is 17.8 Å². The number of carbonyl (C=O) groups is 1. The van der Waals surface area contributed by atoms with Crippen LogP contribution in [0.2, 0.25) is 5.02 Å². The van der Waals surface area contributed by atoms with Crippen LogP contribution in [0.1, 0.15) is 25.6 Å². The number of para-hydroxylation sites is 3. The average molecular weight is 412 g/mol. The number of carbonyl (C=O) groups excluding carboxylic acids is 1. The van der Waals surface area contributed by atoms with Crippen molar-refractivity contribution < 1.29 is 9.53 Å². The molecule has 0 saturated carbocycles. The van der Waals surface area contributed by atoms with Gasteiger partial charge in [0.15, 0.2) is 0 Å². The molecule has 0 bridgehead atoms. The summed E-state index contributed by atoms with van der Waals surface area (Å²) in [6, 6.07) is 15.6. The first kappa shape index (κ1) is 20.9. The van der Waals surface area contributed by atoms with Crippen molar-refractivity contribution in [3.63, 3.8) is 0 Å². The molecule has 1 aromatic heterocycles. The maximum Gasteiger partial charge on any atom is 0.246 e. The fraction of sp³-hybridized carbons (Fsp3) is 0.304. The maximum atomic E-state index is 11.7. The van der Waals surface area contributed by atoms with Gasteiger partial charge in [-0.1, -0.05) is 42.4 Å². The molecule has 0 aliphatic rings. The topological polar surface area (TPSA) is 56.2 Å². The van der Waals surface area contributed by atoms with E-state index in [0.29, 0.717) is 30.2 Å². The van der Waals surface area contributed by atoms with Gasteiger partial charge in [0.1, 0.15) is 11.6 Å². The number of nitrogens with one attached hydrogen (secondary N) is 1. The van der Waals surface area contributed by atoms with Crippen LogP contribution in [0.4, 0.5) is 0 Å². The Hall–Kier alpha value is -2.79. The Balaban J connectivity index is 1.57. The van der Waals surface area contributed by atoms with Gasteiger partial charge in [-0.2, -0.15) is 0 Å². The van der Waals surface area contributed by atoms with E-state index in [1.807, 2.05) is 42.5 Å². The first-order chi connectivity index (χ1) is 14.1. The molecule has 0 aliphatic carbocycles. The second kappa shape index (κ2) is 10.1. The van der Waals surface area contributed by atoms with Crippen molar-refractivity contribution in [3.8, 4) is 5.75 Å². The molecule has 0 saturated heterocycles. The lowest BCUT2D eigenvalue weighted by atomic mass is 10.2. The van der Waals surface area contributed by atoms with Crippen molar-refractivity contribution >= 4 is 28.5 Å². The lowest BCUT2D eigenvalue weighted by Crippen LogP contribution is -2.26. The van der Waals surface area contributed by atoms with Crippen LogP contribution < -0.4 is 10.1 Å². The number of rotatable bonds is 10. The van der Waals surface area contributed by atoms with E-state index in [9.17, 15) is 4.79 Å². The zero-order valence-corrected chi connectivity index (χ0v) is 17.4. The largest absolute Gasteiger partial charge is 0.492 e. The van der Waals surface area contributed by atoms with Crippen molar-refractivity contribution in [3.05, 3.63) is 71.5 Å². The third-order valence-corrected chi connectivity index (χ3v) is 4.94. The number of nitrogens with zero attached hydrogens (tertiary/aromatic N) is 2. The normalized spacial score (nSPS) is 10.8. The number of amides is 1. The van der Waals surface area contributed by atoms with E-state index < -0.39 is 0 Å². The van der Waals surface area contributed by atoms with Crippen LogP contribution in [-0.4, -0.2) is 28.6 Å². The van der Waals surface area contributed by atoms with E-state index in [4.69, 9.17) is 21.3 Å². The van der Waals surface area contributed by atoms with E-state index in [1.165, 1.54) is 0 Å². The highest BCUT2D eigenvalue weighted by molar-refractivity contribution is 6.32. The molecule has 0 radical (unpaired) electrons. The number of fused-ring (bicyclic) bond motifs is 1. The molecule has 5 nitrogen and oxygen atoms in total. The minimum absolute atomic E-state index is 0.121. The van der Waals surface area contributed by atoms with Gasteiger partial charge in [0.2, 0.25) is 5.91 Å². The number of aromatic nitrogens is 2. The van der Waals surface area contributed by atoms with Gasteiger partial charge < -0.3 is 14.6 Å². The minimum atomic E-state index is -0.121. The predicted molar refractivity (Wildman–Crippen MR) is 117 cm³/mol. The van der Waals surface area contributed by atoms with Crippen LogP contribution in [0.3, 0.4) is 0 Å². The number of aryl methyl sites for hydroxylation is 1. The fourth-order valence-corrected chi connectivity index (χ4v) is 3.31. The number of hydrogen-bond donors (Lipinski definition) is 1. The summed E-state index contributed by atoms with van der Waals surface area (Å²) in [6.45, 7) is 7.36. The van der Waals surface area contributed by atoms with Crippen LogP contribution in [0.5, 0.6) is 5.75 Å². The van der Waals surface area contributed by atoms with Gasteiger partial charge in [-0.05, 0) is 44.0 Å². The van der Waals surface area contributed by atoms with Crippen LogP contribution in [0.25, 0.3) is 11.0 Å². The molecule has 0 fully saturated rings. The van der Waals surface area contributed by atoms with Gasteiger partial charge >= 0.3 is 0 Å². The van der Waals surface area contributed by atoms with E-state index in [1.54, 1.807) is 6.92 Å². The fourth-order valence-electron chi connectivity index (χ4n) is 3.12. The molecule has 29 heavy (non-hydrogen) atoms. The van der Waals surface area contributed by atoms with E-state index in [0.717, 1.165) is 42.0 Å². The van der Waals surface area contributed by atoms with E-state index >= 15 is 0 Å². The van der Waals surface area contributed by atoms with Gasteiger partial charge in [-0.25, -0.2) is 4.98 Å². The highest BCUT2D eigenvalue weighted by Gasteiger charge is 2.11. The molecule has 0 spiro atoms. The van der Waals surface area contributed by atoms with Gasteiger partial charge in [0, 0.05) is 25.1 Å². The SMILES string of the molecule is C=C(C)C(=O)NCCc1nc2ccccc2n1CCCCOc1ccccc1Cl. The third kappa shape index (κ3) is 5.61. The number of imidazole rings is 1. The molecular formula is C23H26ClN3O2. The molecule has 152 valence electrons. The van der Waals surface area contributed by atoms with Gasteiger partial charge in [-0.3, -0.25) is 4.79 Å². The lowest BCUT2D eigenvalue weighted by Gasteiger charge is -2.11. The summed E-state index contributed by atoms with van der Waals surface area (Å²) in [4.78, 5) is 16.5. The number of hydrogen-bond acceptors (Lipinski definition) is 3. The number of benzene rings is 2. The second-order valence-corrected chi connectivity index (χ2v) is 7.35. The summed E-state index contributed by atoms with van der Waals surface area (Å²) in [6.07, 6.45) is 2.53. The van der Waals surface area contributed by atoms with Gasteiger partial charge in [0.05, 0.1) is 22.7 Å². The maximum absolute atomic E-state index is 11.7. The summed E-state index contributed by atoms with van der Waals surface area (Å²) in [5.41, 5.74) is 2.60. The quantitative estimate of drug-likeness (QED) is 0.385. The average Bonchev–Trinajstić information content (AvgIpc) is 3.06. The number of unbranched alkanes of at least 4 members (excludes halogenated alkanes) is 1. The van der Waals surface area contributed by atoms with Crippen molar-refractivity contribution in [2.45, 2.75) is 32.7 Å². The molecule has 0 aliphatic heterocycles. The Labute approximate surface area is 176 Å². The Morgan fingerprint density at radius 3 is 2.72 bits per heavy atom. The Morgan fingerprint density at radius 2 is 1.93 bits per heavy atom. The highest BCUT2D eigenvalue weighted by atomic mass is 35.5. The molecule has 1 amide bonds. The molecule has 3 rings (SSSR count). The molecule has 1 N–H and O–H groups in total. The zero-order valence-electron chi connectivity index (χ0n) is 16.7. The van der Waals surface area contributed by atoms with Crippen LogP contribution >= 0.6 is 11.6 Å². The third-order valence-electron chi connectivity index (χ3n) is 4.63. The number of ether oxygens (including phenoxy) is 1. The Kier molecular flexibility index (Phi) is 7.30. The summed E-state index contributed by atoms with van der Waals surface area (Å²) < 4.78 is 8.01. The summed E-state index contributed by atoms with van der Waals surface area (Å²) in [7, 11) is 0. The Morgan fingerprint density at radius 1 is 1.17 bits per heavy atom. The highest BCUT2D eigenvalue weighted by Crippen LogP contribution is 2.23. The molecule has 6 heteroatoms. The standard InChI is InChI=1S/C23H26ClN3O2/c1-17(2)23(28)25-14-13-22-26-19-10-4-5-11-20(19)27(22)15-7-8-16-29-21-12-6-3-9-18(21)24/h3-6,9-12H,1,7-8,13-16H2,2H3,(H,25,28). The van der Waals surface area contributed by atoms with Gasteiger partial charge in [0.25, 0.3) is 0 Å². The number of halogens is 1. The zero-order chi connectivity index (χ0) is 20.6. The summed E-state index contributed by atoms with van der Waals surface area (Å²) in [5.74, 6) is 1.57. The van der Waals surface area contributed by atoms with E-state index in [-0.39, 0.29) is 5.91 Å². The molecule has 0 atom stereocenters. The second-order valence-electron chi connectivity index (χ2n) is 6.94. The summed E-state index contributed by atoms with van der Waals surface area (Å²) in [5, 5.41) is 3.51. The smallest absolute Gasteiger partial charge is 0.246 e.